The highest BCUT2D eigenvalue weighted by Crippen LogP contribution is 2.28. The van der Waals surface area contributed by atoms with Gasteiger partial charge in [-0.25, -0.2) is 0 Å². The number of thiocarbonyl (C=S) groups is 1. The Morgan fingerprint density at radius 1 is 1.00 bits per heavy atom. The van der Waals surface area contributed by atoms with Crippen LogP contribution in [0.25, 0.3) is 0 Å². The van der Waals surface area contributed by atoms with Crippen molar-refractivity contribution in [2.45, 2.75) is 20.3 Å². The molecule has 0 unspecified atom stereocenters. The van der Waals surface area contributed by atoms with Gasteiger partial charge >= 0.3 is 0 Å². The maximum absolute atomic E-state index is 5.54. The lowest BCUT2D eigenvalue weighted by Crippen LogP contribution is -2.30. The van der Waals surface area contributed by atoms with Crippen LogP contribution in [0.1, 0.15) is 18.1 Å². The molecule has 0 aliphatic heterocycles. The van der Waals surface area contributed by atoms with E-state index in [0.29, 0.717) is 18.3 Å². The molecule has 0 saturated carbocycles. The fraction of sp³-hybridized carbons (Fsp3) is 0.350. The van der Waals surface area contributed by atoms with Crippen molar-refractivity contribution in [2.24, 2.45) is 0 Å². The minimum absolute atomic E-state index is 0.562. The largest absolute Gasteiger partial charge is 0.495 e. The fourth-order valence-corrected chi connectivity index (χ4v) is 2.76. The zero-order valence-electron chi connectivity index (χ0n) is 15.7. The van der Waals surface area contributed by atoms with Gasteiger partial charge in [-0.2, -0.15) is 0 Å². The van der Waals surface area contributed by atoms with Crippen LogP contribution < -0.4 is 24.8 Å². The Bertz CT molecular complexity index is 750. The molecule has 140 valence electrons. The Morgan fingerprint density at radius 3 is 2.42 bits per heavy atom. The lowest BCUT2D eigenvalue weighted by atomic mass is 10.1. The Morgan fingerprint density at radius 2 is 1.73 bits per heavy atom. The molecule has 2 rings (SSSR count). The number of methoxy groups -OCH3 is 2. The number of anilines is 1. The number of hydrogen-bond acceptors (Lipinski definition) is 4. The van der Waals surface area contributed by atoms with Crippen molar-refractivity contribution in [3.63, 3.8) is 0 Å². The van der Waals surface area contributed by atoms with E-state index in [1.165, 1.54) is 0 Å². The van der Waals surface area contributed by atoms with Gasteiger partial charge in [0.25, 0.3) is 0 Å². The lowest BCUT2D eigenvalue weighted by Gasteiger charge is -2.14. The number of benzene rings is 2. The highest BCUT2D eigenvalue weighted by molar-refractivity contribution is 7.80. The highest BCUT2D eigenvalue weighted by Gasteiger charge is 2.07. The monoisotopic (exact) mass is 374 g/mol. The first kappa shape index (κ1) is 19.8. The van der Waals surface area contributed by atoms with Crippen LogP contribution in [-0.4, -0.2) is 32.5 Å². The molecule has 0 aliphatic carbocycles. The van der Waals surface area contributed by atoms with Crippen LogP contribution in [0.2, 0.25) is 0 Å². The maximum atomic E-state index is 5.54. The predicted octanol–water partition coefficient (Wildman–Crippen LogP) is 3.94. The smallest absolute Gasteiger partial charge is 0.170 e. The van der Waals surface area contributed by atoms with E-state index in [0.717, 1.165) is 40.5 Å². The second kappa shape index (κ2) is 9.87. The molecule has 0 fully saturated rings. The van der Waals surface area contributed by atoms with E-state index in [4.69, 9.17) is 26.4 Å². The van der Waals surface area contributed by atoms with E-state index in [-0.39, 0.29) is 0 Å². The van der Waals surface area contributed by atoms with Crippen LogP contribution in [0.15, 0.2) is 36.4 Å². The number of nitrogens with one attached hydrogen (secondary N) is 2. The predicted molar refractivity (Wildman–Crippen MR) is 110 cm³/mol. The second-order valence-electron chi connectivity index (χ2n) is 5.75. The average molecular weight is 375 g/mol. The summed E-state index contributed by atoms with van der Waals surface area (Å²) in [5, 5.41) is 6.97. The first-order valence-corrected chi connectivity index (χ1v) is 8.97. The molecule has 0 spiro atoms. The SMILES string of the molecule is CCOc1ccc(CCNC(=S)Nc2cc(C)ccc2OC)cc1OC. The summed E-state index contributed by atoms with van der Waals surface area (Å²) in [4.78, 5) is 0. The van der Waals surface area contributed by atoms with Gasteiger partial charge in [0.15, 0.2) is 16.6 Å². The van der Waals surface area contributed by atoms with E-state index in [1.807, 2.05) is 50.2 Å². The topological polar surface area (TPSA) is 51.8 Å². The van der Waals surface area contributed by atoms with Crippen LogP contribution in [0.5, 0.6) is 17.2 Å². The quantitative estimate of drug-likeness (QED) is 0.683. The third-order valence-electron chi connectivity index (χ3n) is 3.83. The molecule has 2 aromatic carbocycles. The van der Waals surface area contributed by atoms with Crippen molar-refractivity contribution in [2.75, 3.05) is 32.7 Å². The first-order chi connectivity index (χ1) is 12.6. The summed E-state index contributed by atoms with van der Waals surface area (Å²) in [6.07, 6.45) is 0.815. The van der Waals surface area contributed by atoms with Crippen LogP contribution in [0.4, 0.5) is 5.69 Å². The van der Waals surface area contributed by atoms with E-state index in [1.54, 1.807) is 14.2 Å². The molecule has 0 atom stereocenters. The Hall–Kier alpha value is -2.47. The van der Waals surface area contributed by atoms with Crippen LogP contribution >= 0.6 is 12.2 Å². The third kappa shape index (κ3) is 5.52. The molecule has 0 saturated heterocycles. The molecule has 0 aliphatic rings. The van der Waals surface area contributed by atoms with Gasteiger partial charge in [0.05, 0.1) is 26.5 Å². The number of ether oxygens (including phenoxy) is 3. The van der Waals surface area contributed by atoms with Gasteiger partial charge in [-0.1, -0.05) is 12.1 Å². The highest BCUT2D eigenvalue weighted by atomic mass is 32.1. The standard InChI is InChI=1S/C20H26N2O3S/c1-5-25-18-9-7-15(13-19(18)24-4)10-11-21-20(26)22-16-12-14(2)6-8-17(16)23-3/h6-9,12-13H,5,10-11H2,1-4H3,(H2,21,22,26). The van der Waals surface area contributed by atoms with Gasteiger partial charge < -0.3 is 24.8 Å². The molecule has 0 radical (unpaired) electrons. The average Bonchev–Trinajstić information content (AvgIpc) is 2.63. The van der Waals surface area contributed by atoms with Crippen molar-refractivity contribution in [1.82, 2.24) is 5.32 Å². The molecule has 5 nitrogen and oxygen atoms in total. The van der Waals surface area contributed by atoms with Gasteiger partial charge in [0.2, 0.25) is 0 Å². The molecule has 2 N–H and O–H groups in total. The van der Waals surface area contributed by atoms with E-state index in [9.17, 15) is 0 Å². The van der Waals surface area contributed by atoms with Crippen molar-refractivity contribution in [3.8, 4) is 17.2 Å². The molecule has 26 heavy (non-hydrogen) atoms. The van der Waals surface area contributed by atoms with Gasteiger partial charge in [0, 0.05) is 6.54 Å². The summed E-state index contributed by atoms with van der Waals surface area (Å²) < 4.78 is 16.3. The first-order valence-electron chi connectivity index (χ1n) is 8.56. The Balaban J connectivity index is 1.89. The van der Waals surface area contributed by atoms with Crippen LogP contribution in [0.3, 0.4) is 0 Å². The normalized spacial score (nSPS) is 10.2. The lowest BCUT2D eigenvalue weighted by molar-refractivity contribution is 0.310. The van der Waals surface area contributed by atoms with E-state index < -0.39 is 0 Å². The number of aryl methyl sites for hydroxylation is 1. The van der Waals surface area contributed by atoms with E-state index in [2.05, 4.69) is 10.6 Å². The van der Waals surface area contributed by atoms with Crippen molar-refractivity contribution < 1.29 is 14.2 Å². The van der Waals surface area contributed by atoms with Gasteiger partial charge in [-0.05, 0) is 67.9 Å². The van der Waals surface area contributed by atoms with Crippen molar-refractivity contribution in [1.29, 1.82) is 0 Å². The molecular weight excluding hydrogens is 348 g/mol. The zero-order valence-corrected chi connectivity index (χ0v) is 16.5. The maximum Gasteiger partial charge on any atom is 0.170 e. The molecule has 0 bridgehead atoms. The summed E-state index contributed by atoms with van der Waals surface area (Å²) in [5.41, 5.74) is 3.14. The molecule has 2 aromatic rings. The molecule has 6 heteroatoms. The Kier molecular flexibility index (Phi) is 7.53. The van der Waals surface area contributed by atoms with Crippen LogP contribution in [0, 0.1) is 6.92 Å². The van der Waals surface area contributed by atoms with Gasteiger partial charge in [-0.15, -0.1) is 0 Å². The summed E-state index contributed by atoms with van der Waals surface area (Å²) in [6.45, 7) is 5.30. The Labute approximate surface area is 160 Å². The summed E-state index contributed by atoms with van der Waals surface area (Å²) >= 11 is 5.38. The second-order valence-corrected chi connectivity index (χ2v) is 6.16. The minimum atomic E-state index is 0.562. The van der Waals surface area contributed by atoms with Gasteiger partial charge in [0.1, 0.15) is 5.75 Å². The van der Waals surface area contributed by atoms with Crippen molar-refractivity contribution in [3.05, 3.63) is 47.5 Å². The van der Waals surface area contributed by atoms with Crippen molar-refractivity contribution >= 4 is 23.0 Å². The van der Waals surface area contributed by atoms with E-state index >= 15 is 0 Å². The molecule has 0 amide bonds. The molecule has 0 aromatic heterocycles. The molecule has 0 heterocycles. The fourth-order valence-electron chi connectivity index (χ4n) is 2.55. The van der Waals surface area contributed by atoms with Crippen LogP contribution in [-0.2, 0) is 6.42 Å². The summed E-state index contributed by atoms with van der Waals surface area (Å²) in [6, 6.07) is 11.9. The van der Waals surface area contributed by atoms with Gasteiger partial charge in [-0.3, -0.25) is 0 Å². The summed E-state index contributed by atoms with van der Waals surface area (Å²) in [5.74, 6) is 2.26. The number of rotatable bonds is 8. The summed E-state index contributed by atoms with van der Waals surface area (Å²) in [7, 11) is 3.29. The zero-order chi connectivity index (χ0) is 18.9. The number of hydrogen-bond donors (Lipinski definition) is 2. The third-order valence-corrected chi connectivity index (χ3v) is 4.08. The molecular formula is C20H26N2O3S. The minimum Gasteiger partial charge on any atom is -0.495 e.